The summed E-state index contributed by atoms with van der Waals surface area (Å²) in [5.41, 5.74) is 1.84. The molecule has 1 aromatic heterocycles. The van der Waals surface area contributed by atoms with Gasteiger partial charge in [-0.3, -0.25) is 9.48 Å². The van der Waals surface area contributed by atoms with Crippen LogP contribution in [0, 0.1) is 6.92 Å². The van der Waals surface area contributed by atoms with E-state index < -0.39 is 27.3 Å². The number of hydrogen-bond acceptors (Lipinski definition) is 4. The van der Waals surface area contributed by atoms with Crippen molar-refractivity contribution >= 4 is 16.0 Å². The molecule has 1 aromatic carbocycles. The molecule has 2 aromatic rings. The van der Waals surface area contributed by atoms with E-state index in [1.165, 1.54) is 4.68 Å². The Bertz CT molecular complexity index is 832. The Morgan fingerprint density at radius 2 is 2.12 bits per heavy atom. The van der Waals surface area contributed by atoms with Gasteiger partial charge in [0.2, 0.25) is 10.0 Å². The van der Waals surface area contributed by atoms with Crippen molar-refractivity contribution in [3.05, 3.63) is 53.9 Å². The van der Waals surface area contributed by atoms with Gasteiger partial charge in [-0.05, 0) is 24.5 Å². The second-order valence-corrected chi connectivity index (χ2v) is 8.02. The molecule has 3 rings (SSSR count). The predicted molar refractivity (Wildman–Crippen MR) is 88.0 cm³/mol. The molecule has 1 heterocycles. The average Bonchev–Trinajstić information content (AvgIpc) is 3.26. The third-order valence-corrected chi connectivity index (χ3v) is 6.03. The van der Waals surface area contributed by atoms with Crippen LogP contribution in [-0.2, 0) is 21.4 Å². The molecule has 3 atom stereocenters. The molecule has 0 amide bonds. The van der Waals surface area contributed by atoms with E-state index in [0.29, 0.717) is 6.42 Å². The minimum absolute atomic E-state index is 0.0505. The summed E-state index contributed by atoms with van der Waals surface area (Å²) in [6.07, 6.45) is 3.78. The highest BCUT2D eigenvalue weighted by molar-refractivity contribution is 7.90. The highest BCUT2D eigenvalue weighted by atomic mass is 32.2. The number of carbonyl (C=O) groups is 1. The van der Waals surface area contributed by atoms with Crippen LogP contribution in [0.5, 0.6) is 0 Å². The van der Waals surface area contributed by atoms with Crippen molar-refractivity contribution < 1.29 is 18.3 Å². The summed E-state index contributed by atoms with van der Waals surface area (Å²) < 4.78 is 28.7. The van der Waals surface area contributed by atoms with Crippen molar-refractivity contribution in [1.82, 2.24) is 14.5 Å². The number of carboxylic acid groups (broad SMARTS) is 1. The van der Waals surface area contributed by atoms with Gasteiger partial charge in [0.1, 0.15) is 6.04 Å². The Morgan fingerprint density at radius 3 is 2.71 bits per heavy atom. The van der Waals surface area contributed by atoms with Gasteiger partial charge in [-0.25, -0.2) is 8.42 Å². The Kier molecular flexibility index (Phi) is 4.42. The molecular weight excluding hydrogens is 330 g/mol. The zero-order valence-corrected chi connectivity index (χ0v) is 14.0. The van der Waals surface area contributed by atoms with Gasteiger partial charge < -0.3 is 5.11 Å². The molecule has 0 bridgehead atoms. The zero-order valence-electron chi connectivity index (χ0n) is 13.2. The lowest BCUT2D eigenvalue weighted by Gasteiger charge is -2.15. The summed E-state index contributed by atoms with van der Waals surface area (Å²) >= 11 is 0. The minimum atomic E-state index is -3.71. The maximum atomic E-state index is 12.5. The van der Waals surface area contributed by atoms with E-state index in [1.807, 2.05) is 37.3 Å². The summed E-state index contributed by atoms with van der Waals surface area (Å²) in [5, 5.41) is 12.7. The number of hydrogen-bond donors (Lipinski definition) is 2. The lowest BCUT2D eigenvalue weighted by atomic mass is 10.1. The topological polar surface area (TPSA) is 101 Å². The van der Waals surface area contributed by atoms with Gasteiger partial charge in [0, 0.05) is 12.1 Å². The maximum absolute atomic E-state index is 12.5. The van der Waals surface area contributed by atoms with E-state index in [1.54, 1.807) is 12.4 Å². The van der Waals surface area contributed by atoms with Crippen molar-refractivity contribution in [2.45, 2.75) is 37.1 Å². The monoisotopic (exact) mass is 349 g/mol. The van der Waals surface area contributed by atoms with Crippen LogP contribution in [-0.4, -0.2) is 40.6 Å². The standard InChI is InChI=1S/C16H19N3O4S/c1-11-8-17-19(9-11)10-14(16(20)21)18-24(22,23)15-7-13(15)12-5-3-2-4-6-12/h2-6,8-9,13-15,18H,7,10H2,1H3,(H,20,21). The number of nitrogens with zero attached hydrogens (tertiary/aromatic N) is 2. The van der Waals surface area contributed by atoms with Crippen LogP contribution < -0.4 is 4.72 Å². The Balaban J connectivity index is 1.69. The van der Waals surface area contributed by atoms with Gasteiger partial charge in [0.15, 0.2) is 0 Å². The highest BCUT2D eigenvalue weighted by Crippen LogP contribution is 2.45. The summed E-state index contributed by atoms with van der Waals surface area (Å²) in [6, 6.07) is 8.14. The van der Waals surface area contributed by atoms with Crippen molar-refractivity contribution in [2.24, 2.45) is 0 Å². The van der Waals surface area contributed by atoms with E-state index >= 15 is 0 Å². The number of rotatable bonds is 7. The Hall–Kier alpha value is -2.19. The van der Waals surface area contributed by atoms with Crippen molar-refractivity contribution in [2.75, 3.05) is 0 Å². The van der Waals surface area contributed by atoms with E-state index in [9.17, 15) is 18.3 Å². The van der Waals surface area contributed by atoms with Crippen molar-refractivity contribution in [3.63, 3.8) is 0 Å². The Labute approximate surface area is 140 Å². The summed E-state index contributed by atoms with van der Waals surface area (Å²) in [5.74, 6) is -1.30. The number of carboxylic acids is 1. The van der Waals surface area contributed by atoms with Gasteiger partial charge in [0.05, 0.1) is 18.0 Å². The first-order valence-electron chi connectivity index (χ1n) is 7.65. The molecule has 1 fully saturated rings. The molecule has 1 saturated carbocycles. The summed E-state index contributed by atoms with van der Waals surface area (Å²) in [7, 11) is -3.71. The lowest BCUT2D eigenvalue weighted by Crippen LogP contribution is -2.45. The smallest absolute Gasteiger partial charge is 0.323 e. The van der Waals surface area contributed by atoms with Crippen LogP contribution in [0.1, 0.15) is 23.5 Å². The van der Waals surface area contributed by atoms with Crippen LogP contribution in [0.2, 0.25) is 0 Å². The van der Waals surface area contributed by atoms with Gasteiger partial charge in [-0.1, -0.05) is 30.3 Å². The van der Waals surface area contributed by atoms with Crippen LogP contribution >= 0.6 is 0 Å². The number of aryl methyl sites for hydroxylation is 1. The molecule has 1 aliphatic carbocycles. The first-order valence-corrected chi connectivity index (χ1v) is 9.19. The molecule has 3 unspecified atom stereocenters. The first kappa shape index (κ1) is 16.7. The average molecular weight is 349 g/mol. The van der Waals surface area contributed by atoms with Crippen LogP contribution in [0.25, 0.3) is 0 Å². The van der Waals surface area contributed by atoms with E-state index in [4.69, 9.17) is 0 Å². The minimum Gasteiger partial charge on any atom is -0.480 e. The normalized spacial score (nSPS) is 21.4. The molecular formula is C16H19N3O4S. The summed E-state index contributed by atoms with van der Waals surface area (Å²) in [6.45, 7) is 1.78. The van der Waals surface area contributed by atoms with Crippen molar-refractivity contribution in [1.29, 1.82) is 0 Å². The van der Waals surface area contributed by atoms with Crippen molar-refractivity contribution in [3.8, 4) is 0 Å². The van der Waals surface area contributed by atoms with Gasteiger partial charge in [-0.2, -0.15) is 9.82 Å². The lowest BCUT2D eigenvalue weighted by molar-refractivity contribution is -0.139. The van der Waals surface area contributed by atoms with Gasteiger partial charge >= 0.3 is 5.97 Å². The third kappa shape index (κ3) is 3.65. The predicted octanol–water partition coefficient (Wildman–Crippen LogP) is 1.12. The molecule has 2 N–H and O–H groups in total. The first-order chi connectivity index (χ1) is 11.4. The molecule has 0 spiro atoms. The maximum Gasteiger partial charge on any atom is 0.323 e. The van der Waals surface area contributed by atoms with Crippen LogP contribution in [0.15, 0.2) is 42.7 Å². The third-order valence-electron chi connectivity index (χ3n) is 4.09. The zero-order chi connectivity index (χ0) is 17.3. The molecule has 8 heteroatoms. The molecule has 1 aliphatic rings. The van der Waals surface area contributed by atoms with E-state index in [2.05, 4.69) is 9.82 Å². The van der Waals surface area contributed by atoms with E-state index in [-0.39, 0.29) is 12.5 Å². The molecule has 0 aliphatic heterocycles. The second kappa shape index (κ2) is 6.37. The number of sulfonamides is 1. The highest BCUT2D eigenvalue weighted by Gasteiger charge is 2.49. The largest absolute Gasteiger partial charge is 0.480 e. The molecule has 0 saturated heterocycles. The fourth-order valence-electron chi connectivity index (χ4n) is 2.77. The van der Waals surface area contributed by atoms with Gasteiger partial charge in [0.25, 0.3) is 0 Å². The van der Waals surface area contributed by atoms with E-state index in [0.717, 1.165) is 11.1 Å². The molecule has 128 valence electrons. The Morgan fingerprint density at radius 1 is 1.42 bits per heavy atom. The molecule has 24 heavy (non-hydrogen) atoms. The SMILES string of the molecule is Cc1cnn(CC(NS(=O)(=O)C2CC2c2ccccc2)C(=O)O)c1. The molecule has 0 radical (unpaired) electrons. The number of aromatic nitrogens is 2. The fourth-order valence-corrected chi connectivity index (χ4v) is 4.57. The molecule has 7 nitrogen and oxygen atoms in total. The fraction of sp³-hybridized carbons (Fsp3) is 0.375. The second-order valence-electron chi connectivity index (χ2n) is 6.08. The number of aliphatic carboxylic acids is 1. The number of nitrogens with one attached hydrogen (secondary N) is 1. The van der Waals surface area contributed by atoms with Crippen LogP contribution in [0.3, 0.4) is 0 Å². The number of benzene rings is 1. The van der Waals surface area contributed by atoms with Crippen LogP contribution in [0.4, 0.5) is 0 Å². The summed E-state index contributed by atoms with van der Waals surface area (Å²) in [4.78, 5) is 11.4. The quantitative estimate of drug-likeness (QED) is 0.780. The van der Waals surface area contributed by atoms with Gasteiger partial charge in [-0.15, -0.1) is 0 Å².